The van der Waals surface area contributed by atoms with E-state index in [-0.39, 0.29) is 5.91 Å². The topological polar surface area (TPSA) is 55.6 Å². The summed E-state index contributed by atoms with van der Waals surface area (Å²) in [4.78, 5) is 14.2. The van der Waals surface area contributed by atoms with E-state index in [1.807, 2.05) is 52.0 Å². The maximum Gasteiger partial charge on any atom is 0.234 e. The molecule has 0 fully saturated rings. The fourth-order valence-corrected chi connectivity index (χ4v) is 1.63. The highest BCUT2D eigenvalue weighted by molar-refractivity contribution is 5.97. The summed E-state index contributed by atoms with van der Waals surface area (Å²) in [6, 6.07) is 7.41. The molecular weight excluding hydrogens is 240 g/mol. The van der Waals surface area contributed by atoms with E-state index < -0.39 is 11.0 Å². The van der Waals surface area contributed by atoms with Crippen LogP contribution in [-0.2, 0) is 4.79 Å². The normalized spacial score (nSPS) is 12.2. The number of carbonyl (C=O) groups is 1. The van der Waals surface area contributed by atoms with Crippen LogP contribution in [0.4, 0.5) is 5.69 Å². The third kappa shape index (κ3) is 3.07. The summed E-state index contributed by atoms with van der Waals surface area (Å²) in [6.07, 6.45) is 0. The smallest absolute Gasteiger partial charge is 0.234 e. The number of hydrogen-bond donors (Lipinski definition) is 1. The van der Waals surface area contributed by atoms with Crippen molar-refractivity contribution in [1.82, 2.24) is 0 Å². The Morgan fingerprint density at radius 2 is 1.84 bits per heavy atom. The van der Waals surface area contributed by atoms with Gasteiger partial charge in [0.1, 0.15) is 5.75 Å². The number of amides is 1. The number of methoxy groups -OCH3 is 1. The van der Waals surface area contributed by atoms with Crippen molar-refractivity contribution in [2.24, 2.45) is 11.1 Å². The van der Waals surface area contributed by atoms with E-state index in [0.717, 1.165) is 11.4 Å². The van der Waals surface area contributed by atoms with Crippen LogP contribution in [-0.4, -0.2) is 25.6 Å². The van der Waals surface area contributed by atoms with Gasteiger partial charge in [0.2, 0.25) is 5.91 Å². The highest BCUT2D eigenvalue weighted by Gasteiger charge is 2.42. The van der Waals surface area contributed by atoms with Crippen LogP contribution in [0.3, 0.4) is 0 Å². The molecule has 0 aromatic heterocycles. The molecule has 0 spiro atoms. The average molecular weight is 264 g/mol. The molecule has 106 valence electrons. The first-order valence-electron chi connectivity index (χ1n) is 6.32. The monoisotopic (exact) mass is 264 g/mol. The average Bonchev–Trinajstić information content (AvgIpc) is 2.35. The second kappa shape index (κ2) is 5.21. The Bertz CT molecular complexity index is 461. The number of nitrogens with two attached hydrogens (primary N) is 1. The highest BCUT2D eigenvalue weighted by Crippen LogP contribution is 2.32. The van der Waals surface area contributed by atoms with Crippen molar-refractivity contribution < 1.29 is 9.53 Å². The summed E-state index contributed by atoms with van der Waals surface area (Å²) in [5.74, 6) is 0.704. The molecule has 0 bridgehead atoms. The Balaban J connectivity index is 3.06. The van der Waals surface area contributed by atoms with Gasteiger partial charge < -0.3 is 15.4 Å². The minimum absolute atomic E-state index is 0.0201. The second-order valence-electron chi connectivity index (χ2n) is 5.91. The van der Waals surface area contributed by atoms with E-state index in [9.17, 15) is 4.79 Å². The van der Waals surface area contributed by atoms with Crippen LogP contribution in [0.5, 0.6) is 5.75 Å². The summed E-state index contributed by atoms with van der Waals surface area (Å²) in [5, 5.41) is 0. The Labute approximate surface area is 115 Å². The van der Waals surface area contributed by atoms with E-state index in [2.05, 4.69) is 0 Å². The molecule has 4 heteroatoms. The molecule has 1 aromatic rings. The zero-order valence-electron chi connectivity index (χ0n) is 12.7. The first kappa shape index (κ1) is 15.5. The Morgan fingerprint density at radius 3 is 2.32 bits per heavy atom. The molecule has 0 heterocycles. The molecule has 0 radical (unpaired) electrons. The quantitative estimate of drug-likeness (QED) is 0.908. The van der Waals surface area contributed by atoms with Crippen LogP contribution in [0.15, 0.2) is 24.3 Å². The number of ether oxygens (including phenoxy) is 1. The summed E-state index contributed by atoms with van der Waals surface area (Å²) in [7, 11) is 3.36. The summed E-state index contributed by atoms with van der Waals surface area (Å²) in [5.41, 5.74) is 5.65. The molecule has 1 aromatic carbocycles. The first-order valence-corrected chi connectivity index (χ1v) is 6.32. The van der Waals surface area contributed by atoms with Crippen molar-refractivity contribution in [3.8, 4) is 5.75 Å². The van der Waals surface area contributed by atoms with Gasteiger partial charge in [0.15, 0.2) is 0 Å². The van der Waals surface area contributed by atoms with E-state index in [4.69, 9.17) is 10.5 Å². The molecule has 4 nitrogen and oxygen atoms in total. The summed E-state index contributed by atoms with van der Waals surface area (Å²) in [6.45, 7) is 7.46. The minimum atomic E-state index is -0.662. The van der Waals surface area contributed by atoms with Crippen LogP contribution in [0.25, 0.3) is 0 Å². The van der Waals surface area contributed by atoms with Gasteiger partial charge >= 0.3 is 0 Å². The van der Waals surface area contributed by atoms with Crippen LogP contribution >= 0.6 is 0 Å². The Hall–Kier alpha value is -1.55. The van der Waals surface area contributed by atoms with Crippen LogP contribution in [0, 0.1) is 5.41 Å². The predicted molar refractivity (Wildman–Crippen MR) is 78.5 cm³/mol. The van der Waals surface area contributed by atoms with Crippen molar-refractivity contribution >= 4 is 11.6 Å². The molecule has 0 saturated carbocycles. The summed E-state index contributed by atoms with van der Waals surface area (Å²) >= 11 is 0. The number of benzene rings is 1. The molecule has 0 aliphatic heterocycles. The van der Waals surface area contributed by atoms with Gasteiger partial charge in [0.25, 0.3) is 0 Å². The van der Waals surface area contributed by atoms with Gasteiger partial charge in [-0.15, -0.1) is 0 Å². The van der Waals surface area contributed by atoms with E-state index in [1.54, 1.807) is 19.1 Å². The number of nitrogens with zero attached hydrogens (tertiary/aromatic N) is 1. The second-order valence-corrected chi connectivity index (χ2v) is 5.91. The maximum atomic E-state index is 12.6. The molecular formula is C15H24N2O2. The Kier molecular flexibility index (Phi) is 4.25. The fraction of sp³-hybridized carbons (Fsp3) is 0.533. The molecule has 2 N–H and O–H groups in total. The first-order chi connectivity index (χ1) is 8.61. The zero-order valence-corrected chi connectivity index (χ0v) is 12.7. The minimum Gasteiger partial charge on any atom is -0.497 e. The van der Waals surface area contributed by atoms with Gasteiger partial charge in [-0.1, -0.05) is 6.07 Å². The van der Waals surface area contributed by atoms with Crippen LogP contribution < -0.4 is 15.4 Å². The molecule has 1 rings (SSSR count). The van der Waals surface area contributed by atoms with Gasteiger partial charge in [0, 0.05) is 24.3 Å². The van der Waals surface area contributed by atoms with Gasteiger partial charge in [0.05, 0.1) is 12.5 Å². The number of hydrogen-bond acceptors (Lipinski definition) is 3. The lowest BCUT2D eigenvalue weighted by molar-refractivity contribution is -0.129. The molecule has 0 unspecified atom stereocenters. The third-order valence-electron chi connectivity index (χ3n) is 3.89. The Morgan fingerprint density at radius 1 is 1.26 bits per heavy atom. The van der Waals surface area contributed by atoms with Crippen LogP contribution in [0.2, 0.25) is 0 Å². The fourth-order valence-electron chi connectivity index (χ4n) is 1.63. The largest absolute Gasteiger partial charge is 0.497 e. The SMILES string of the molecule is COc1cccc(N(C)C(=O)C(C)(C)C(C)(C)N)c1. The van der Waals surface area contributed by atoms with Crippen molar-refractivity contribution in [2.45, 2.75) is 33.2 Å². The van der Waals surface area contributed by atoms with Gasteiger partial charge in [-0.3, -0.25) is 4.79 Å². The lowest BCUT2D eigenvalue weighted by Gasteiger charge is -2.39. The predicted octanol–water partition coefficient (Wildman–Crippen LogP) is 2.42. The number of rotatable bonds is 4. The molecule has 0 saturated heterocycles. The van der Waals surface area contributed by atoms with Gasteiger partial charge in [-0.25, -0.2) is 0 Å². The lowest BCUT2D eigenvalue weighted by Crippen LogP contribution is -2.56. The zero-order chi connectivity index (χ0) is 14.8. The standard InChI is InChI=1S/C15H24N2O2/c1-14(2,15(3,4)16)13(18)17(5)11-8-7-9-12(10-11)19-6/h7-10H,16H2,1-6H3. The molecule has 0 aliphatic carbocycles. The third-order valence-corrected chi connectivity index (χ3v) is 3.89. The van der Waals surface area contributed by atoms with Crippen molar-refractivity contribution in [1.29, 1.82) is 0 Å². The van der Waals surface area contributed by atoms with E-state index >= 15 is 0 Å². The van der Waals surface area contributed by atoms with Crippen molar-refractivity contribution in [3.63, 3.8) is 0 Å². The highest BCUT2D eigenvalue weighted by atomic mass is 16.5. The van der Waals surface area contributed by atoms with Crippen molar-refractivity contribution in [2.75, 3.05) is 19.1 Å². The van der Waals surface area contributed by atoms with E-state index in [0.29, 0.717) is 0 Å². The number of carbonyl (C=O) groups excluding carboxylic acids is 1. The molecule has 19 heavy (non-hydrogen) atoms. The molecule has 1 amide bonds. The maximum absolute atomic E-state index is 12.6. The molecule has 0 atom stereocenters. The van der Waals surface area contributed by atoms with E-state index in [1.165, 1.54) is 0 Å². The summed E-state index contributed by atoms with van der Waals surface area (Å²) < 4.78 is 5.17. The van der Waals surface area contributed by atoms with Crippen LogP contribution in [0.1, 0.15) is 27.7 Å². The lowest BCUT2D eigenvalue weighted by atomic mass is 9.74. The van der Waals surface area contributed by atoms with Crippen molar-refractivity contribution in [3.05, 3.63) is 24.3 Å². The molecule has 0 aliphatic rings. The number of anilines is 1. The van der Waals surface area contributed by atoms with Gasteiger partial charge in [-0.05, 0) is 39.8 Å². The van der Waals surface area contributed by atoms with Gasteiger partial charge in [-0.2, -0.15) is 0 Å².